The third kappa shape index (κ3) is 3.77. The van der Waals surface area contributed by atoms with Gasteiger partial charge in [0.1, 0.15) is 0 Å². The molecule has 0 radical (unpaired) electrons. The van der Waals surface area contributed by atoms with Crippen LogP contribution in [0.2, 0.25) is 4.47 Å². The monoisotopic (exact) mass is 267 g/mol. The predicted octanol–water partition coefficient (Wildman–Crippen LogP) is 3.13. The summed E-state index contributed by atoms with van der Waals surface area (Å²) in [5.41, 5.74) is 2.14. The number of thiazole rings is 1. The average molecular weight is 268 g/mol. The molecule has 0 spiro atoms. The molecule has 0 saturated heterocycles. The normalized spacial score (nSPS) is 11.1. The number of pyridine rings is 1. The summed E-state index contributed by atoms with van der Waals surface area (Å²) in [7, 11) is 2.07. The van der Waals surface area contributed by atoms with Gasteiger partial charge in [-0.15, -0.1) is 11.3 Å². The molecule has 2 aromatic heterocycles. The largest absolute Gasteiger partial charge is 0.295 e. The quantitative estimate of drug-likeness (QED) is 0.852. The Hall–Kier alpha value is -0.970. The van der Waals surface area contributed by atoms with Crippen LogP contribution in [0.5, 0.6) is 0 Å². The first-order valence-corrected chi connectivity index (χ1v) is 6.54. The molecule has 2 heterocycles. The van der Waals surface area contributed by atoms with Gasteiger partial charge in [0.05, 0.1) is 5.69 Å². The molecule has 0 N–H and O–H groups in total. The number of aryl methyl sites for hydroxylation is 1. The molecule has 2 rings (SSSR count). The Morgan fingerprint density at radius 3 is 2.82 bits per heavy atom. The Morgan fingerprint density at radius 2 is 2.18 bits per heavy atom. The van der Waals surface area contributed by atoms with Gasteiger partial charge in [-0.2, -0.15) is 0 Å². The van der Waals surface area contributed by atoms with Crippen LogP contribution >= 0.6 is 22.9 Å². The van der Waals surface area contributed by atoms with Crippen molar-refractivity contribution in [2.24, 2.45) is 0 Å². The molecule has 3 nitrogen and oxygen atoms in total. The molecule has 0 bridgehead atoms. The lowest BCUT2D eigenvalue weighted by atomic mass is 10.3. The third-order valence-electron chi connectivity index (χ3n) is 2.33. The minimum atomic E-state index is 0.599. The van der Waals surface area contributed by atoms with E-state index < -0.39 is 0 Å². The van der Waals surface area contributed by atoms with E-state index in [4.69, 9.17) is 11.6 Å². The van der Waals surface area contributed by atoms with Gasteiger partial charge in [-0.25, -0.2) is 4.98 Å². The zero-order valence-electron chi connectivity index (χ0n) is 9.85. The second-order valence-corrected chi connectivity index (χ2v) is 5.72. The van der Waals surface area contributed by atoms with E-state index in [2.05, 4.69) is 21.9 Å². The molecular formula is C12H14ClN3S. The number of aromatic nitrogens is 2. The van der Waals surface area contributed by atoms with Crippen LogP contribution in [0, 0.1) is 6.92 Å². The van der Waals surface area contributed by atoms with E-state index in [0.29, 0.717) is 4.47 Å². The molecule has 0 aliphatic carbocycles. The lowest BCUT2D eigenvalue weighted by molar-refractivity contribution is 0.317. The van der Waals surface area contributed by atoms with Crippen molar-refractivity contribution in [2.75, 3.05) is 7.05 Å². The molecule has 0 aliphatic rings. The van der Waals surface area contributed by atoms with E-state index in [1.165, 1.54) is 16.2 Å². The zero-order chi connectivity index (χ0) is 12.3. The lowest BCUT2D eigenvalue weighted by Crippen LogP contribution is -2.17. The number of rotatable bonds is 4. The summed E-state index contributed by atoms with van der Waals surface area (Å²) in [4.78, 5) is 11.9. The smallest absolute Gasteiger partial charge is 0.183 e. The maximum atomic E-state index is 5.80. The van der Waals surface area contributed by atoms with Gasteiger partial charge < -0.3 is 0 Å². The van der Waals surface area contributed by atoms with Gasteiger partial charge in [-0.3, -0.25) is 9.88 Å². The van der Waals surface area contributed by atoms with E-state index >= 15 is 0 Å². The van der Waals surface area contributed by atoms with Crippen LogP contribution in [0.15, 0.2) is 24.4 Å². The van der Waals surface area contributed by atoms with Gasteiger partial charge in [0.25, 0.3) is 0 Å². The van der Waals surface area contributed by atoms with Crippen molar-refractivity contribution in [3.63, 3.8) is 0 Å². The third-order valence-corrected chi connectivity index (χ3v) is 3.43. The highest BCUT2D eigenvalue weighted by atomic mass is 35.5. The zero-order valence-corrected chi connectivity index (χ0v) is 11.4. The Balaban J connectivity index is 1.95. The second-order valence-electron chi connectivity index (χ2n) is 4.02. The summed E-state index contributed by atoms with van der Waals surface area (Å²) >= 11 is 7.32. The first-order chi connectivity index (χ1) is 8.13. The Kier molecular flexibility index (Phi) is 4.10. The van der Waals surface area contributed by atoms with Crippen molar-refractivity contribution in [3.8, 4) is 0 Å². The van der Waals surface area contributed by atoms with Crippen LogP contribution in [0.4, 0.5) is 0 Å². The van der Waals surface area contributed by atoms with Crippen molar-refractivity contribution in [1.29, 1.82) is 0 Å². The minimum Gasteiger partial charge on any atom is -0.295 e. The van der Waals surface area contributed by atoms with Gasteiger partial charge in [0, 0.05) is 29.9 Å². The van der Waals surface area contributed by atoms with Crippen LogP contribution in [0.3, 0.4) is 0 Å². The minimum absolute atomic E-state index is 0.599. The highest BCUT2D eigenvalue weighted by Crippen LogP contribution is 2.19. The topological polar surface area (TPSA) is 29.0 Å². The van der Waals surface area contributed by atoms with Gasteiger partial charge in [0.2, 0.25) is 0 Å². The molecule has 17 heavy (non-hydrogen) atoms. The van der Waals surface area contributed by atoms with Crippen molar-refractivity contribution in [3.05, 3.63) is 45.1 Å². The SMILES string of the molecule is Cc1cccc(CN(C)Cc2cnc(Cl)s2)n1. The molecule has 0 atom stereocenters. The molecule has 5 heteroatoms. The maximum absolute atomic E-state index is 5.80. The van der Waals surface area contributed by atoms with Gasteiger partial charge >= 0.3 is 0 Å². The van der Waals surface area contributed by atoms with Crippen LogP contribution < -0.4 is 0 Å². The highest BCUT2D eigenvalue weighted by molar-refractivity contribution is 7.15. The van der Waals surface area contributed by atoms with Crippen LogP contribution in [-0.4, -0.2) is 21.9 Å². The first kappa shape index (κ1) is 12.5. The molecule has 0 unspecified atom stereocenters. The number of hydrogen-bond acceptors (Lipinski definition) is 4. The fourth-order valence-electron chi connectivity index (χ4n) is 1.64. The molecule has 0 fully saturated rings. The second kappa shape index (κ2) is 5.58. The summed E-state index contributed by atoms with van der Waals surface area (Å²) in [5.74, 6) is 0. The van der Waals surface area contributed by atoms with Crippen LogP contribution in [-0.2, 0) is 13.1 Å². The number of halogens is 1. The summed E-state index contributed by atoms with van der Waals surface area (Å²) in [6, 6.07) is 6.09. The molecule has 0 aliphatic heterocycles. The Labute approximate surface area is 110 Å². The standard InChI is InChI=1S/C12H14ClN3S/c1-9-4-3-5-10(15-9)7-16(2)8-11-6-14-12(13)17-11/h3-6H,7-8H2,1-2H3. The fourth-order valence-corrected chi connectivity index (χ4v) is 2.70. The summed E-state index contributed by atoms with van der Waals surface area (Å²) in [6.07, 6.45) is 1.83. The van der Waals surface area contributed by atoms with E-state index in [9.17, 15) is 0 Å². The molecular weight excluding hydrogens is 254 g/mol. The van der Waals surface area contributed by atoms with E-state index in [1.807, 2.05) is 31.3 Å². The van der Waals surface area contributed by atoms with Crippen molar-refractivity contribution in [2.45, 2.75) is 20.0 Å². The molecule has 90 valence electrons. The summed E-state index contributed by atoms with van der Waals surface area (Å²) in [5, 5.41) is 0. The van der Waals surface area contributed by atoms with E-state index in [0.717, 1.165) is 24.5 Å². The van der Waals surface area contributed by atoms with E-state index in [1.54, 1.807) is 0 Å². The van der Waals surface area contributed by atoms with Gasteiger partial charge in [-0.05, 0) is 26.1 Å². The summed E-state index contributed by atoms with van der Waals surface area (Å²) in [6.45, 7) is 3.68. The van der Waals surface area contributed by atoms with Crippen LogP contribution in [0.25, 0.3) is 0 Å². The van der Waals surface area contributed by atoms with E-state index in [-0.39, 0.29) is 0 Å². The number of hydrogen-bond donors (Lipinski definition) is 0. The molecule has 0 amide bonds. The molecule has 0 saturated carbocycles. The average Bonchev–Trinajstić information content (AvgIpc) is 2.63. The van der Waals surface area contributed by atoms with Crippen LogP contribution in [0.1, 0.15) is 16.3 Å². The molecule has 2 aromatic rings. The highest BCUT2D eigenvalue weighted by Gasteiger charge is 2.05. The summed E-state index contributed by atoms with van der Waals surface area (Å²) < 4.78 is 0.599. The van der Waals surface area contributed by atoms with Crippen molar-refractivity contribution in [1.82, 2.24) is 14.9 Å². The van der Waals surface area contributed by atoms with Crippen molar-refractivity contribution >= 4 is 22.9 Å². The van der Waals surface area contributed by atoms with Crippen molar-refractivity contribution < 1.29 is 0 Å². The molecule has 0 aromatic carbocycles. The number of nitrogens with zero attached hydrogens (tertiary/aromatic N) is 3. The van der Waals surface area contributed by atoms with Gasteiger partial charge in [0.15, 0.2) is 4.47 Å². The Bertz CT molecular complexity index is 498. The Morgan fingerprint density at radius 1 is 1.35 bits per heavy atom. The lowest BCUT2D eigenvalue weighted by Gasteiger charge is -2.14. The predicted molar refractivity (Wildman–Crippen MR) is 71.3 cm³/mol. The maximum Gasteiger partial charge on any atom is 0.183 e. The van der Waals surface area contributed by atoms with Gasteiger partial charge in [-0.1, -0.05) is 17.7 Å². The fraction of sp³-hybridized carbons (Fsp3) is 0.333. The first-order valence-electron chi connectivity index (χ1n) is 5.35.